The molecule has 1 unspecified atom stereocenters. The number of hydrogen-bond donors (Lipinski definition) is 1. The lowest BCUT2D eigenvalue weighted by atomic mass is 10.2. The highest BCUT2D eigenvalue weighted by atomic mass is 35.5. The number of aromatic nitrogens is 3. The number of pyridine rings is 1. The van der Waals surface area contributed by atoms with Crippen molar-refractivity contribution < 1.29 is 10.3 Å². The largest absolute Gasteiger partial charge is 0.412 e. The average Bonchev–Trinajstić information content (AvgIpc) is 3.26. The molecule has 3 N–H and O–H groups in total. The molecule has 29 heavy (non-hydrogen) atoms. The molecule has 1 fully saturated rings. The van der Waals surface area contributed by atoms with Gasteiger partial charge in [-0.25, -0.2) is 9.97 Å². The monoisotopic (exact) mass is 437 g/mol. The molecular formula is C20H25Cl2N5O2. The van der Waals surface area contributed by atoms with Crippen LogP contribution in [0.15, 0.2) is 42.6 Å². The Labute approximate surface area is 180 Å². The molecule has 156 valence electrons. The normalized spacial score (nSPS) is 16.3. The molecule has 1 aromatic carbocycles. The topological polar surface area (TPSA) is 94.6 Å². The minimum atomic E-state index is -0.0221. The number of carbonyl (C=O) groups is 1. The Hall–Kier alpha value is -2.19. The van der Waals surface area contributed by atoms with Crippen LogP contribution in [0.25, 0.3) is 22.6 Å². The predicted octanol–water partition coefficient (Wildman–Crippen LogP) is 2.56. The van der Waals surface area contributed by atoms with Crippen molar-refractivity contribution in [3.63, 3.8) is 0 Å². The Balaban J connectivity index is 0.00000150. The smallest absolute Gasteiger partial charge is 0.240 e. The van der Waals surface area contributed by atoms with E-state index < -0.39 is 0 Å². The first-order valence-corrected chi connectivity index (χ1v) is 9.60. The zero-order valence-electron chi connectivity index (χ0n) is 16.1. The molecule has 3 heterocycles. The summed E-state index contributed by atoms with van der Waals surface area (Å²) in [6.45, 7) is 5.28. The van der Waals surface area contributed by atoms with E-state index in [1.165, 1.54) is 0 Å². The van der Waals surface area contributed by atoms with Crippen LogP contribution >= 0.6 is 24.0 Å². The second-order valence-electron chi connectivity index (χ2n) is 6.82. The lowest BCUT2D eigenvalue weighted by Gasteiger charge is -2.15. The van der Waals surface area contributed by atoms with Crippen LogP contribution in [-0.2, 0) is 11.3 Å². The quantitative estimate of drug-likeness (QED) is 0.663. The fraction of sp³-hybridized carbons (Fsp3) is 0.350. The van der Waals surface area contributed by atoms with Crippen molar-refractivity contribution in [2.75, 3.05) is 19.6 Å². The van der Waals surface area contributed by atoms with Gasteiger partial charge in [0.25, 0.3) is 0 Å². The van der Waals surface area contributed by atoms with E-state index in [9.17, 15) is 4.79 Å². The minimum Gasteiger partial charge on any atom is -0.412 e. The maximum atomic E-state index is 12.7. The number of likely N-dealkylation sites (tertiary alicyclic amines) is 1. The van der Waals surface area contributed by atoms with E-state index in [4.69, 9.17) is 11.6 Å². The van der Waals surface area contributed by atoms with Crippen LogP contribution in [0, 0.1) is 0 Å². The van der Waals surface area contributed by atoms with Crippen molar-refractivity contribution in [3.05, 3.63) is 47.6 Å². The van der Waals surface area contributed by atoms with Gasteiger partial charge in [-0.3, -0.25) is 9.36 Å². The van der Waals surface area contributed by atoms with Crippen molar-refractivity contribution in [1.82, 2.24) is 24.8 Å². The number of fused-ring (bicyclic) bond motifs is 1. The number of carbonyl (C=O) groups excluding carboxylic acids is 1. The highest BCUT2D eigenvalue weighted by molar-refractivity contribution is 6.30. The Morgan fingerprint density at radius 2 is 2.14 bits per heavy atom. The van der Waals surface area contributed by atoms with Gasteiger partial charge in [-0.1, -0.05) is 30.7 Å². The van der Waals surface area contributed by atoms with Crippen molar-refractivity contribution >= 4 is 41.1 Å². The second-order valence-corrected chi connectivity index (χ2v) is 7.26. The molecular weight excluding hydrogens is 413 g/mol. The van der Waals surface area contributed by atoms with E-state index >= 15 is 0 Å². The van der Waals surface area contributed by atoms with Crippen LogP contribution in [-0.4, -0.2) is 56.5 Å². The SMILES string of the molecule is CCN1CCC(NC(=O)Cn2c(-c3cccc(Cl)c3)nc3cccnc32)C1.Cl.O. The molecule has 1 amide bonds. The summed E-state index contributed by atoms with van der Waals surface area (Å²) in [5.74, 6) is 0.675. The van der Waals surface area contributed by atoms with Gasteiger partial charge >= 0.3 is 0 Å². The van der Waals surface area contributed by atoms with Gasteiger partial charge in [-0.2, -0.15) is 0 Å². The van der Waals surface area contributed by atoms with Crippen molar-refractivity contribution in [3.8, 4) is 11.4 Å². The van der Waals surface area contributed by atoms with Gasteiger partial charge in [0.15, 0.2) is 5.65 Å². The van der Waals surface area contributed by atoms with Gasteiger partial charge < -0.3 is 15.7 Å². The first kappa shape index (κ1) is 23.1. The van der Waals surface area contributed by atoms with E-state index in [-0.39, 0.29) is 36.4 Å². The fourth-order valence-corrected chi connectivity index (χ4v) is 3.80. The Bertz CT molecular complexity index is 978. The number of imidazole rings is 1. The van der Waals surface area contributed by atoms with Gasteiger partial charge in [0.1, 0.15) is 17.9 Å². The molecule has 0 saturated carbocycles. The van der Waals surface area contributed by atoms with Gasteiger partial charge in [0.05, 0.1) is 0 Å². The zero-order chi connectivity index (χ0) is 18.8. The molecule has 1 aliphatic heterocycles. The van der Waals surface area contributed by atoms with Gasteiger partial charge in [-0.05, 0) is 37.2 Å². The second kappa shape index (κ2) is 10.0. The summed E-state index contributed by atoms with van der Waals surface area (Å²) >= 11 is 6.16. The van der Waals surface area contributed by atoms with E-state index in [1.54, 1.807) is 6.20 Å². The van der Waals surface area contributed by atoms with Crippen LogP contribution in [0.4, 0.5) is 0 Å². The third-order valence-corrected chi connectivity index (χ3v) is 5.21. The number of halogens is 2. The molecule has 2 aromatic heterocycles. The molecule has 1 atom stereocenters. The van der Waals surface area contributed by atoms with Crippen LogP contribution in [0.2, 0.25) is 5.02 Å². The third-order valence-electron chi connectivity index (χ3n) is 4.97. The third kappa shape index (κ3) is 5.05. The molecule has 9 heteroatoms. The highest BCUT2D eigenvalue weighted by Gasteiger charge is 2.23. The molecule has 0 bridgehead atoms. The summed E-state index contributed by atoms with van der Waals surface area (Å²) in [6, 6.07) is 11.5. The molecule has 0 spiro atoms. The number of amides is 1. The lowest BCUT2D eigenvalue weighted by molar-refractivity contribution is -0.122. The van der Waals surface area contributed by atoms with E-state index in [2.05, 4.69) is 27.1 Å². The molecule has 0 aliphatic carbocycles. The first-order valence-electron chi connectivity index (χ1n) is 9.23. The van der Waals surface area contributed by atoms with E-state index in [0.29, 0.717) is 16.5 Å². The van der Waals surface area contributed by atoms with E-state index in [0.717, 1.165) is 37.1 Å². The van der Waals surface area contributed by atoms with Crippen molar-refractivity contribution in [2.45, 2.75) is 25.9 Å². The molecule has 1 aliphatic rings. The molecule has 1 saturated heterocycles. The molecule has 0 radical (unpaired) electrons. The Kier molecular flexibility index (Phi) is 7.98. The van der Waals surface area contributed by atoms with Crippen molar-refractivity contribution in [2.24, 2.45) is 0 Å². The van der Waals surface area contributed by atoms with Crippen molar-refractivity contribution in [1.29, 1.82) is 0 Å². The van der Waals surface area contributed by atoms with E-state index in [1.807, 2.05) is 41.0 Å². The van der Waals surface area contributed by atoms with Gasteiger partial charge in [-0.15, -0.1) is 12.4 Å². The highest BCUT2D eigenvalue weighted by Crippen LogP contribution is 2.25. The number of hydrogen-bond acceptors (Lipinski definition) is 4. The Morgan fingerprint density at radius 1 is 1.31 bits per heavy atom. The predicted molar refractivity (Wildman–Crippen MR) is 117 cm³/mol. The maximum Gasteiger partial charge on any atom is 0.240 e. The zero-order valence-corrected chi connectivity index (χ0v) is 17.7. The molecule has 7 nitrogen and oxygen atoms in total. The number of nitrogens with zero attached hydrogens (tertiary/aromatic N) is 4. The summed E-state index contributed by atoms with van der Waals surface area (Å²) in [7, 11) is 0. The van der Waals surface area contributed by atoms with Crippen LogP contribution in [0.5, 0.6) is 0 Å². The number of benzene rings is 1. The summed E-state index contributed by atoms with van der Waals surface area (Å²) in [5, 5.41) is 3.79. The first-order chi connectivity index (χ1) is 13.1. The summed E-state index contributed by atoms with van der Waals surface area (Å²) < 4.78 is 1.86. The number of nitrogens with one attached hydrogen (secondary N) is 1. The number of likely N-dealkylation sites (N-methyl/N-ethyl adjacent to an activating group) is 1. The average molecular weight is 438 g/mol. The molecule has 4 rings (SSSR count). The summed E-state index contributed by atoms with van der Waals surface area (Å²) in [5.41, 5.74) is 2.33. The van der Waals surface area contributed by atoms with Crippen LogP contribution in [0.3, 0.4) is 0 Å². The van der Waals surface area contributed by atoms with Crippen LogP contribution < -0.4 is 5.32 Å². The number of rotatable bonds is 5. The van der Waals surface area contributed by atoms with Gasteiger partial charge in [0.2, 0.25) is 5.91 Å². The summed E-state index contributed by atoms with van der Waals surface area (Å²) in [6.07, 6.45) is 2.71. The summed E-state index contributed by atoms with van der Waals surface area (Å²) in [4.78, 5) is 24.2. The Morgan fingerprint density at radius 3 is 2.86 bits per heavy atom. The van der Waals surface area contributed by atoms with Gasteiger partial charge in [0, 0.05) is 35.9 Å². The lowest BCUT2D eigenvalue weighted by Crippen LogP contribution is -2.39. The molecule has 3 aromatic rings. The minimum absolute atomic E-state index is 0. The fourth-order valence-electron chi connectivity index (χ4n) is 3.61. The van der Waals surface area contributed by atoms with Crippen LogP contribution in [0.1, 0.15) is 13.3 Å². The maximum absolute atomic E-state index is 12.7. The standard InChI is InChI=1S/C20H22ClN5O.ClH.H2O/c1-2-25-10-8-16(12-25)23-18(27)13-26-19(14-5-3-6-15(21)11-14)24-17-7-4-9-22-20(17)26;;/h3-7,9,11,16H,2,8,10,12-13H2,1H3,(H,23,27);1H;1H2.